The zero-order valence-electron chi connectivity index (χ0n) is 6.81. The molecule has 1 nitrogen and oxygen atoms in total. The second kappa shape index (κ2) is 2.12. The first-order chi connectivity index (χ1) is 5.29. The van der Waals surface area contributed by atoms with Gasteiger partial charge in [-0.15, -0.1) is 0 Å². The lowest BCUT2D eigenvalue weighted by molar-refractivity contribution is 1.42. The smallest absolute Gasteiger partial charge is 0.00871 e. The van der Waals surface area contributed by atoms with E-state index in [2.05, 4.69) is 43.4 Å². The van der Waals surface area contributed by atoms with Gasteiger partial charge in [-0.25, -0.2) is 0 Å². The van der Waals surface area contributed by atoms with Gasteiger partial charge in [0.05, 0.1) is 0 Å². The number of hydrogen-bond acceptors (Lipinski definition) is 0. The summed E-state index contributed by atoms with van der Waals surface area (Å²) in [6.07, 6.45) is 4.11. The number of H-pyrrole nitrogens is 1. The summed E-state index contributed by atoms with van der Waals surface area (Å²) in [5.74, 6) is 0. The normalized spacial score (nSPS) is 10.7. The Balaban J connectivity index is 2.96. The highest BCUT2D eigenvalue weighted by molar-refractivity contribution is 5.87. The molecule has 1 aromatic heterocycles. The second-order valence-corrected chi connectivity index (χ2v) is 2.98. The fourth-order valence-corrected chi connectivity index (χ4v) is 1.45. The van der Waals surface area contributed by atoms with Gasteiger partial charge in [0.2, 0.25) is 0 Å². The molecule has 1 N–H and O–H groups in total. The van der Waals surface area contributed by atoms with Gasteiger partial charge in [-0.05, 0) is 25.0 Å². The minimum absolute atomic E-state index is 1.34. The fourth-order valence-electron chi connectivity index (χ4n) is 1.45. The molecule has 0 bridgehead atoms. The molecular weight excluding hydrogens is 134 g/mol. The first-order valence-corrected chi connectivity index (χ1v) is 3.82. The van der Waals surface area contributed by atoms with Gasteiger partial charge in [0.1, 0.15) is 0 Å². The van der Waals surface area contributed by atoms with Gasteiger partial charge in [0.25, 0.3) is 0 Å². The number of rotatable bonds is 0. The molecular formula is C10H11N. The van der Waals surface area contributed by atoms with Crippen LogP contribution in [0.5, 0.6) is 0 Å². The summed E-state index contributed by atoms with van der Waals surface area (Å²) in [4.78, 5) is 3.12. The topological polar surface area (TPSA) is 15.8 Å². The predicted molar refractivity (Wildman–Crippen MR) is 47.8 cm³/mol. The van der Waals surface area contributed by atoms with Crippen molar-refractivity contribution in [1.29, 1.82) is 0 Å². The van der Waals surface area contributed by atoms with Crippen LogP contribution in [0.4, 0.5) is 0 Å². The first kappa shape index (κ1) is 6.47. The number of hydrogen-bond donors (Lipinski definition) is 1. The summed E-state index contributed by atoms with van der Waals surface area (Å²) in [5.41, 5.74) is 2.68. The standard InChI is InChI=1S/C10H11N/c1-7-3-4-8(2)10-6-11-5-9(7)10/h3-6,11H,1-2H3. The molecule has 0 aliphatic carbocycles. The van der Waals surface area contributed by atoms with Gasteiger partial charge >= 0.3 is 0 Å². The molecule has 0 amide bonds. The molecule has 56 valence electrons. The Labute approximate surface area is 66.1 Å². The molecule has 0 atom stereocenters. The summed E-state index contributed by atoms with van der Waals surface area (Å²) in [5, 5.41) is 2.68. The lowest BCUT2D eigenvalue weighted by Gasteiger charge is -1.97. The largest absolute Gasteiger partial charge is 0.366 e. The van der Waals surface area contributed by atoms with Gasteiger partial charge in [0.15, 0.2) is 0 Å². The van der Waals surface area contributed by atoms with E-state index in [4.69, 9.17) is 0 Å². The van der Waals surface area contributed by atoms with Crippen molar-refractivity contribution >= 4 is 10.8 Å². The molecule has 0 aliphatic heterocycles. The van der Waals surface area contributed by atoms with E-state index in [-0.39, 0.29) is 0 Å². The summed E-state index contributed by atoms with van der Waals surface area (Å²) in [7, 11) is 0. The van der Waals surface area contributed by atoms with E-state index in [1.807, 2.05) is 0 Å². The van der Waals surface area contributed by atoms with Crippen molar-refractivity contribution in [2.24, 2.45) is 0 Å². The Bertz CT molecular complexity index is 349. The van der Waals surface area contributed by atoms with Gasteiger partial charge in [-0.3, -0.25) is 0 Å². The maximum absolute atomic E-state index is 3.12. The van der Waals surface area contributed by atoms with E-state index in [1.54, 1.807) is 0 Å². The average molecular weight is 145 g/mol. The molecule has 0 fully saturated rings. The molecule has 0 radical (unpaired) electrons. The average Bonchev–Trinajstić information content (AvgIpc) is 2.45. The third kappa shape index (κ3) is 0.845. The summed E-state index contributed by atoms with van der Waals surface area (Å²) in [6.45, 7) is 4.27. The number of aromatic amines is 1. The maximum atomic E-state index is 3.12. The molecule has 0 spiro atoms. The summed E-state index contributed by atoms with van der Waals surface area (Å²) < 4.78 is 0. The zero-order valence-corrected chi connectivity index (χ0v) is 6.81. The van der Waals surface area contributed by atoms with Crippen molar-refractivity contribution < 1.29 is 0 Å². The van der Waals surface area contributed by atoms with Gasteiger partial charge in [-0.2, -0.15) is 0 Å². The molecule has 0 saturated heterocycles. The van der Waals surface area contributed by atoms with E-state index in [9.17, 15) is 0 Å². The molecule has 1 aromatic carbocycles. The van der Waals surface area contributed by atoms with Crippen LogP contribution in [-0.4, -0.2) is 4.98 Å². The second-order valence-electron chi connectivity index (χ2n) is 2.98. The highest BCUT2D eigenvalue weighted by Crippen LogP contribution is 2.20. The molecule has 2 rings (SSSR count). The Morgan fingerprint density at radius 1 is 0.909 bits per heavy atom. The molecule has 0 aliphatic rings. The van der Waals surface area contributed by atoms with E-state index in [0.29, 0.717) is 0 Å². The minimum Gasteiger partial charge on any atom is -0.366 e. The number of nitrogens with one attached hydrogen (secondary N) is 1. The van der Waals surface area contributed by atoms with Crippen molar-refractivity contribution in [2.75, 3.05) is 0 Å². The Morgan fingerprint density at radius 3 is 1.82 bits per heavy atom. The zero-order chi connectivity index (χ0) is 7.84. The first-order valence-electron chi connectivity index (χ1n) is 3.82. The molecule has 0 saturated carbocycles. The van der Waals surface area contributed by atoms with Crippen LogP contribution in [0, 0.1) is 13.8 Å². The Morgan fingerprint density at radius 2 is 1.36 bits per heavy atom. The van der Waals surface area contributed by atoms with E-state index < -0.39 is 0 Å². The molecule has 1 heterocycles. The summed E-state index contributed by atoms with van der Waals surface area (Å²) in [6, 6.07) is 4.32. The van der Waals surface area contributed by atoms with E-state index in [0.717, 1.165) is 0 Å². The SMILES string of the molecule is Cc1ccc(C)c2c[nH]cc12. The minimum atomic E-state index is 1.34. The van der Waals surface area contributed by atoms with E-state index >= 15 is 0 Å². The van der Waals surface area contributed by atoms with Gasteiger partial charge in [0, 0.05) is 23.2 Å². The fraction of sp³-hybridized carbons (Fsp3) is 0.200. The van der Waals surface area contributed by atoms with Crippen LogP contribution in [0.2, 0.25) is 0 Å². The van der Waals surface area contributed by atoms with Crippen LogP contribution in [0.1, 0.15) is 11.1 Å². The monoisotopic (exact) mass is 145 g/mol. The van der Waals surface area contributed by atoms with Crippen molar-refractivity contribution in [1.82, 2.24) is 4.98 Å². The number of benzene rings is 1. The van der Waals surface area contributed by atoms with Crippen LogP contribution < -0.4 is 0 Å². The molecule has 2 aromatic rings. The Hall–Kier alpha value is -1.24. The van der Waals surface area contributed by atoms with Crippen molar-refractivity contribution in [3.8, 4) is 0 Å². The number of aryl methyl sites for hydroxylation is 2. The number of aromatic nitrogens is 1. The van der Waals surface area contributed by atoms with Gasteiger partial charge < -0.3 is 4.98 Å². The van der Waals surface area contributed by atoms with Crippen LogP contribution in [0.25, 0.3) is 10.8 Å². The third-order valence-corrected chi connectivity index (χ3v) is 2.18. The van der Waals surface area contributed by atoms with Crippen molar-refractivity contribution in [3.63, 3.8) is 0 Å². The highest BCUT2D eigenvalue weighted by Gasteiger charge is 1.98. The summed E-state index contributed by atoms with van der Waals surface area (Å²) >= 11 is 0. The third-order valence-electron chi connectivity index (χ3n) is 2.18. The molecule has 11 heavy (non-hydrogen) atoms. The van der Waals surface area contributed by atoms with Crippen LogP contribution in [0.15, 0.2) is 24.5 Å². The van der Waals surface area contributed by atoms with Crippen molar-refractivity contribution in [3.05, 3.63) is 35.7 Å². The van der Waals surface area contributed by atoms with Crippen LogP contribution in [-0.2, 0) is 0 Å². The molecule has 0 unspecified atom stereocenters. The highest BCUT2D eigenvalue weighted by atomic mass is 14.6. The van der Waals surface area contributed by atoms with Crippen LogP contribution in [0.3, 0.4) is 0 Å². The Kier molecular flexibility index (Phi) is 1.25. The van der Waals surface area contributed by atoms with Crippen LogP contribution >= 0.6 is 0 Å². The lowest BCUT2D eigenvalue weighted by atomic mass is 10.1. The lowest BCUT2D eigenvalue weighted by Crippen LogP contribution is -1.76. The van der Waals surface area contributed by atoms with Gasteiger partial charge in [-0.1, -0.05) is 12.1 Å². The maximum Gasteiger partial charge on any atom is 0.00871 e. The molecule has 1 heteroatoms. The predicted octanol–water partition coefficient (Wildman–Crippen LogP) is 2.78. The quantitative estimate of drug-likeness (QED) is 0.586. The van der Waals surface area contributed by atoms with Crippen molar-refractivity contribution in [2.45, 2.75) is 13.8 Å². The van der Waals surface area contributed by atoms with E-state index in [1.165, 1.54) is 21.9 Å². The number of fused-ring (bicyclic) bond motifs is 1.